The molecule has 1 N–H and O–H groups in total. The van der Waals surface area contributed by atoms with Gasteiger partial charge in [-0.25, -0.2) is 4.79 Å². The molecular formula is C20H20N2O6. The minimum atomic E-state index is -0.924. The van der Waals surface area contributed by atoms with Crippen LogP contribution in [0, 0.1) is 11.3 Å². The van der Waals surface area contributed by atoms with Crippen LogP contribution in [0.15, 0.2) is 42.5 Å². The molecule has 0 heterocycles. The molecule has 0 saturated carbocycles. The Balaban J connectivity index is 1.87. The number of nitrogens with zero attached hydrogens (tertiary/aromatic N) is 1. The van der Waals surface area contributed by atoms with Gasteiger partial charge in [-0.3, -0.25) is 4.79 Å². The summed E-state index contributed by atoms with van der Waals surface area (Å²) in [5.74, 6) is 0.159. The van der Waals surface area contributed by atoms with Crippen molar-refractivity contribution in [2.75, 3.05) is 26.1 Å². The quantitative estimate of drug-likeness (QED) is 0.697. The molecule has 2 aromatic carbocycles. The van der Waals surface area contributed by atoms with E-state index in [-0.39, 0.29) is 0 Å². The fourth-order valence-corrected chi connectivity index (χ4v) is 2.21. The van der Waals surface area contributed by atoms with Gasteiger partial charge in [-0.15, -0.1) is 0 Å². The number of hydrogen-bond acceptors (Lipinski definition) is 7. The zero-order valence-electron chi connectivity index (χ0n) is 15.7. The van der Waals surface area contributed by atoms with E-state index in [1.807, 2.05) is 6.07 Å². The van der Waals surface area contributed by atoms with Crippen LogP contribution in [0.25, 0.3) is 0 Å². The van der Waals surface area contributed by atoms with E-state index in [2.05, 4.69) is 5.32 Å². The van der Waals surface area contributed by atoms with Crippen molar-refractivity contribution in [2.45, 2.75) is 13.0 Å². The van der Waals surface area contributed by atoms with Gasteiger partial charge in [0, 0.05) is 6.07 Å². The zero-order chi connectivity index (χ0) is 20.5. The number of carbonyl (C=O) groups is 2. The first kappa shape index (κ1) is 20.6. The summed E-state index contributed by atoms with van der Waals surface area (Å²) in [7, 11) is 2.98. The van der Waals surface area contributed by atoms with E-state index in [4.69, 9.17) is 24.2 Å². The van der Waals surface area contributed by atoms with Crippen molar-refractivity contribution in [2.24, 2.45) is 0 Å². The highest BCUT2D eigenvalue weighted by Crippen LogP contribution is 2.28. The van der Waals surface area contributed by atoms with Crippen LogP contribution in [0.1, 0.15) is 12.5 Å². The van der Waals surface area contributed by atoms with Gasteiger partial charge < -0.3 is 24.3 Å². The summed E-state index contributed by atoms with van der Waals surface area (Å²) in [5, 5.41) is 11.4. The molecule has 2 aromatic rings. The summed E-state index contributed by atoms with van der Waals surface area (Å²) < 4.78 is 20.7. The van der Waals surface area contributed by atoms with Gasteiger partial charge in [0.25, 0.3) is 5.91 Å². The maximum absolute atomic E-state index is 12.1. The molecule has 0 aliphatic rings. The van der Waals surface area contributed by atoms with Crippen molar-refractivity contribution < 1.29 is 28.5 Å². The standard InChI is InChI=1S/C20H20N2O6/c1-13(28-15-6-4-14(11-21)5-7-15)20(24)27-12-19(23)22-17-10-16(25-2)8-9-18(17)26-3/h4-10,13H,12H2,1-3H3,(H,22,23)/t13-/m0/s1. The minimum Gasteiger partial charge on any atom is -0.497 e. The van der Waals surface area contributed by atoms with E-state index in [1.54, 1.807) is 42.5 Å². The molecule has 0 spiro atoms. The number of anilines is 1. The average Bonchev–Trinajstić information content (AvgIpc) is 2.72. The summed E-state index contributed by atoms with van der Waals surface area (Å²) in [6.45, 7) is 1.02. The summed E-state index contributed by atoms with van der Waals surface area (Å²) in [5.41, 5.74) is 0.872. The smallest absolute Gasteiger partial charge is 0.347 e. The largest absolute Gasteiger partial charge is 0.497 e. The molecule has 1 amide bonds. The molecule has 0 radical (unpaired) electrons. The highest BCUT2D eigenvalue weighted by molar-refractivity contribution is 5.94. The predicted octanol–water partition coefficient (Wildman–Crippen LogP) is 2.52. The summed E-state index contributed by atoms with van der Waals surface area (Å²) in [6.07, 6.45) is -0.924. The molecule has 0 unspecified atom stereocenters. The number of hydrogen-bond donors (Lipinski definition) is 1. The summed E-state index contributed by atoms with van der Waals surface area (Å²) in [4.78, 5) is 24.1. The van der Waals surface area contributed by atoms with Crippen LogP contribution in [0.2, 0.25) is 0 Å². The van der Waals surface area contributed by atoms with Crippen molar-refractivity contribution in [3.63, 3.8) is 0 Å². The van der Waals surface area contributed by atoms with E-state index < -0.39 is 24.6 Å². The number of methoxy groups -OCH3 is 2. The third kappa shape index (κ3) is 5.64. The predicted molar refractivity (Wildman–Crippen MR) is 100 cm³/mol. The summed E-state index contributed by atoms with van der Waals surface area (Å²) >= 11 is 0. The SMILES string of the molecule is COc1ccc(OC)c(NC(=O)COC(=O)[C@H](C)Oc2ccc(C#N)cc2)c1. The monoisotopic (exact) mass is 384 g/mol. The van der Waals surface area contributed by atoms with Gasteiger partial charge in [0.2, 0.25) is 0 Å². The normalized spacial score (nSPS) is 10.9. The van der Waals surface area contributed by atoms with Crippen LogP contribution in [0.5, 0.6) is 17.2 Å². The van der Waals surface area contributed by atoms with Gasteiger partial charge in [0.1, 0.15) is 17.2 Å². The second-order valence-corrected chi connectivity index (χ2v) is 5.62. The maximum Gasteiger partial charge on any atom is 0.347 e. The third-order valence-electron chi connectivity index (χ3n) is 3.65. The molecular weight excluding hydrogens is 364 g/mol. The molecule has 0 fully saturated rings. The molecule has 0 saturated heterocycles. The lowest BCUT2D eigenvalue weighted by molar-refractivity contribution is -0.153. The lowest BCUT2D eigenvalue weighted by Crippen LogP contribution is -2.29. The topological polar surface area (TPSA) is 107 Å². The van der Waals surface area contributed by atoms with Gasteiger partial charge in [0.05, 0.1) is 31.5 Å². The molecule has 2 rings (SSSR count). The van der Waals surface area contributed by atoms with Gasteiger partial charge in [0.15, 0.2) is 12.7 Å². The zero-order valence-corrected chi connectivity index (χ0v) is 15.7. The molecule has 146 valence electrons. The van der Waals surface area contributed by atoms with Gasteiger partial charge in [-0.2, -0.15) is 5.26 Å². The Morgan fingerprint density at radius 1 is 1.07 bits per heavy atom. The lowest BCUT2D eigenvalue weighted by Gasteiger charge is -2.15. The number of esters is 1. The number of rotatable bonds is 8. The van der Waals surface area contributed by atoms with Crippen molar-refractivity contribution in [1.29, 1.82) is 5.26 Å². The first-order chi connectivity index (χ1) is 13.5. The fourth-order valence-electron chi connectivity index (χ4n) is 2.21. The Hall–Kier alpha value is -3.73. The Labute approximate surface area is 162 Å². The second kappa shape index (κ2) is 9.83. The van der Waals surface area contributed by atoms with E-state index >= 15 is 0 Å². The average molecular weight is 384 g/mol. The second-order valence-electron chi connectivity index (χ2n) is 5.62. The number of ether oxygens (including phenoxy) is 4. The van der Waals surface area contributed by atoms with Gasteiger partial charge >= 0.3 is 5.97 Å². The maximum atomic E-state index is 12.1. The Morgan fingerprint density at radius 3 is 2.36 bits per heavy atom. The molecule has 1 atom stereocenters. The highest BCUT2D eigenvalue weighted by Gasteiger charge is 2.18. The molecule has 0 aliphatic carbocycles. The van der Waals surface area contributed by atoms with Crippen LogP contribution in [-0.2, 0) is 14.3 Å². The molecule has 8 heteroatoms. The van der Waals surface area contributed by atoms with Gasteiger partial charge in [-0.05, 0) is 43.3 Å². The van der Waals surface area contributed by atoms with Crippen molar-refractivity contribution >= 4 is 17.6 Å². The number of nitriles is 1. The van der Waals surface area contributed by atoms with E-state index in [0.29, 0.717) is 28.5 Å². The first-order valence-corrected chi connectivity index (χ1v) is 8.32. The number of carbonyl (C=O) groups excluding carboxylic acids is 2. The number of benzene rings is 2. The molecule has 0 bridgehead atoms. The van der Waals surface area contributed by atoms with Crippen molar-refractivity contribution in [3.8, 4) is 23.3 Å². The highest BCUT2D eigenvalue weighted by atomic mass is 16.6. The van der Waals surface area contributed by atoms with Crippen molar-refractivity contribution in [3.05, 3.63) is 48.0 Å². The third-order valence-corrected chi connectivity index (χ3v) is 3.65. The van der Waals surface area contributed by atoms with Crippen LogP contribution < -0.4 is 19.5 Å². The number of amides is 1. The van der Waals surface area contributed by atoms with Crippen LogP contribution in [0.4, 0.5) is 5.69 Å². The molecule has 0 aromatic heterocycles. The molecule has 8 nitrogen and oxygen atoms in total. The Bertz CT molecular complexity index is 873. The summed E-state index contributed by atoms with van der Waals surface area (Å²) in [6, 6.07) is 13.2. The van der Waals surface area contributed by atoms with Gasteiger partial charge in [-0.1, -0.05) is 0 Å². The Morgan fingerprint density at radius 2 is 1.75 bits per heavy atom. The molecule has 0 aliphatic heterocycles. The first-order valence-electron chi connectivity index (χ1n) is 8.32. The van der Waals surface area contributed by atoms with Crippen LogP contribution in [0.3, 0.4) is 0 Å². The fraction of sp³-hybridized carbons (Fsp3) is 0.250. The van der Waals surface area contributed by atoms with E-state index in [9.17, 15) is 9.59 Å². The van der Waals surface area contributed by atoms with Crippen LogP contribution >= 0.6 is 0 Å². The number of nitrogens with one attached hydrogen (secondary N) is 1. The van der Waals surface area contributed by atoms with Crippen LogP contribution in [-0.4, -0.2) is 38.8 Å². The lowest BCUT2D eigenvalue weighted by atomic mass is 10.2. The minimum absolute atomic E-state index is 0.393. The van der Waals surface area contributed by atoms with Crippen molar-refractivity contribution in [1.82, 2.24) is 0 Å². The molecule has 28 heavy (non-hydrogen) atoms. The van der Waals surface area contributed by atoms with E-state index in [0.717, 1.165) is 0 Å². The Kier molecular flexibility index (Phi) is 7.22. The van der Waals surface area contributed by atoms with E-state index in [1.165, 1.54) is 21.1 Å².